The van der Waals surface area contributed by atoms with E-state index in [1.54, 1.807) is 12.3 Å². The zero-order chi connectivity index (χ0) is 16.9. The van der Waals surface area contributed by atoms with E-state index in [-0.39, 0.29) is 5.82 Å². The van der Waals surface area contributed by atoms with Gasteiger partial charge in [0.05, 0.1) is 11.9 Å². The monoisotopic (exact) mass is 332 g/mol. The van der Waals surface area contributed by atoms with Crippen molar-refractivity contribution in [2.75, 3.05) is 56.7 Å². The standard InChI is InChI=1S/C14H19F3N4O2/c1-20-4-6-21(7-5-20)11-2-3-12(18-8-11)19-13(22)9-23-10-14(15,16)17/h2-3,8H,4-7,9-10H2,1H3,(H,18,19,22). The van der Waals surface area contributed by atoms with Crippen molar-refractivity contribution >= 4 is 17.4 Å². The molecule has 2 heterocycles. The van der Waals surface area contributed by atoms with Gasteiger partial charge in [0.15, 0.2) is 0 Å². The Morgan fingerprint density at radius 2 is 2.00 bits per heavy atom. The van der Waals surface area contributed by atoms with Gasteiger partial charge < -0.3 is 19.9 Å². The van der Waals surface area contributed by atoms with Gasteiger partial charge in [-0.1, -0.05) is 0 Å². The predicted octanol–water partition coefficient (Wildman–Crippen LogP) is 1.35. The van der Waals surface area contributed by atoms with E-state index < -0.39 is 25.3 Å². The quantitative estimate of drug-likeness (QED) is 0.882. The summed E-state index contributed by atoms with van der Waals surface area (Å²) in [6, 6.07) is 3.44. The largest absolute Gasteiger partial charge is 0.411 e. The van der Waals surface area contributed by atoms with Crippen LogP contribution < -0.4 is 10.2 Å². The maximum atomic E-state index is 11.9. The maximum Gasteiger partial charge on any atom is 0.411 e. The summed E-state index contributed by atoms with van der Waals surface area (Å²) in [5, 5.41) is 2.40. The molecule has 1 aromatic rings. The van der Waals surface area contributed by atoms with Gasteiger partial charge >= 0.3 is 6.18 Å². The first kappa shape index (κ1) is 17.5. The number of ether oxygens (including phenoxy) is 1. The van der Waals surface area contributed by atoms with Crippen LogP contribution in [-0.2, 0) is 9.53 Å². The minimum absolute atomic E-state index is 0.281. The van der Waals surface area contributed by atoms with Crippen molar-refractivity contribution in [1.82, 2.24) is 9.88 Å². The zero-order valence-corrected chi connectivity index (χ0v) is 12.8. The Hall–Kier alpha value is -1.87. The normalized spacial score (nSPS) is 16.4. The fraction of sp³-hybridized carbons (Fsp3) is 0.571. The van der Waals surface area contributed by atoms with Crippen molar-refractivity contribution in [2.24, 2.45) is 0 Å². The third-order valence-corrected chi connectivity index (χ3v) is 3.38. The molecule has 2 rings (SSSR count). The summed E-state index contributed by atoms with van der Waals surface area (Å²) in [5.41, 5.74) is 0.949. The second kappa shape index (κ2) is 7.60. The highest BCUT2D eigenvalue weighted by molar-refractivity contribution is 5.90. The number of hydrogen-bond donors (Lipinski definition) is 1. The molecule has 0 spiro atoms. The number of nitrogens with one attached hydrogen (secondary N) is 1. The molecule has 9 heteroatoms. The number of rotatable bonds is 5. The Morgan fingerprint density at radius 1 is 1.30 bits per heavy atom. The first-order valence-corrected chi connectivity index (χ1v) is 7.17. The first-order chi connectivity index (χ1) is 10.8. The molecular formula is C14H19F3N4O2. The Labute approximate surface area is 132 Å². The van der Waals surface area contributed by atoms with Crippen LogP contribution in [0.1, 0.15) is 0 Å². The van der Waals surface area contributed by atoms with Crippen molar-refractivity contribution in [3.8, 4) is 0 Å². The summed E-state index contributed by atoms with van der Waals surface area (Å²) in [6.45, 7) is 1.62. The number of hydrogen-bond acceptors (Lipinski definition) is 5. The van der Waals surface area contributed by atoms with Crippen molar-refractivity contribution < 1.29 is 22.7 Å². The SMILES string of the molecule is CN1CCN(c2ccc(NC(=O)COCC(F)(F)F)nc2)CC1. The van der Waals surface area contributed by atoms with E-state index in [1.807, 2.05) is 6.07 Å². The highest BCUT2D eigenvalue weighted by atomic mass is 19.4. The Morgan fingerprint density at radius 3 is 2.57 bits per heavy atom. The van der Waals surface area contributed by atoms with Gasteiger partial charge in [-0.3, -0.25) is 4.79 Å². The molecule has 1 N–H and O–H groups in total. The molecule has 0 aromatic carbocycles. The summed E-state index contributed by atoms with van der Waals surface area (Å²) >= 11 is 0. The van der Waals surface area contributed by atoms with E-state index in [0.29, 0.717) is 0 Å². The number of carbonyl (C=O) groups excluding carboxylic acids is 1. The highest BCUT2D eigenvalue weighted by Crippen LogP contribution is 2.17. The second-order valence-corrected chi connectivity index (χ2v) is 5.35. The Kier molecular flexibility index (Phi) is 5.78. The second-order valence-electron chi connectivity index (χ2n) is 5.35. The first-order valence-electron chi connectivity index (χ1n) is 7.17. The number of amides is 1. The number of carbonyl (C=O) groups is 1. The number of alkyl halides is 3. The van der Waals surface area contributed by atoms with Crippen LogP contribution in [0.4, 0.5) is 24.7 Å². The van der Waals surface area contributed by atoms with Crippen molar-refractivity contribution in [3.05, 3.63) is 18.3 Å². The van der Waals surface area contributed by atoms with Gasteiger partial charge in [-0.15, -0.1) is 0 Å². The molecule has 0 atom stereocenters. The molecule has 0 bridgehead atoms. The smallest absolute Gasteiger partial charge is 0.368 e. The molecular weight excluding hydrogens is 313 g/mol. The van der Waals surface area contributed by atoms with Crippen molar-refractivity contribution in [3.63, 3.8) is 0 Å². The molecule has 0 radical (unpaired) electrons. The van der Waals surface area contributed by atoms with E-state index >= 15 is 0 Å². The van der Waals surface area contributed by atoms with Crippen LogP contribution in [-0.4, -0.2) is 68.4 Å². The molecule has 0 aliphatic carbocycles. The third-order valence-electron chi connectivity index (χ3n) is 3.38. The highest BCUT2D eigenvalue weighted by Gasteiger charge is 2.27. The lowest BCUT2D eigenvalue weighted by Gasteiger charge is -2.33. The average molecular weight is 332 g/mol. The summed E-state index contributed by atoms with van der Waals surface area (Å²) < 4.78 is 40.0. The molecule has 1 fully saturated rings. The van der Waals surface area contributed by atoms with E-state index in [0.717, 1.165) is 31.9 Å². The molecule has 1 aliphatic rings. The number of aromatic nitrogens is 1. The van der Waals surface area contributed by atoms with Crippen molar-refractivity contribution in [1.29, 1.82) is 0 Å². The van der Waals surface area contributed by atoms with E-state index in [9.17, 15) is 18.0 Å². The lowest BCUT2D eigenvalue weighted by Crippen LogP contribution is -2.44. The molecule has 23 heavy (non-hydrogen) atoms. The maximum absolute atomic E-state index is 11.9. The molecule has 128 valence electrons. The fourth-order valence-corrected chi connectivity index (χ4v) is 2.15. The summed E-state index contributed by atoms with van der Waals surface area (Å²) in [4.78, 5) is 20.0. The summed E-state index contributed by atoms with van der Waals surface area (Å²) in [6.07, 6.45) is -2.81. The minimum Gasteiger partial charge on any atom is -0.368 e. The average Bonchev–Trinajstić information content (AvgIpc) is 2.47. The lowest BCUT2D eigenvalue weighted by atomic mass is 10.3. The predicted molar refractivity (Wildman–Crippen MR) is 79.5 cm³/mol. The molecule has 1 aliphatic heterocycles. The lowest BCUT2D eigenvalue weighted by molar-refractivity contribution is -0.174. The van der Waals surface area contributed by atoms with E-state index in [4.69, 9.17) is 0 Å². The Bertz CT molecular complexity index is 514. The third kappa shape index (κ3) is 6.03. The van der Waals surface area contributed by atoms with Crippen LogP contribution in [0.3, 0.4) is 0 Å². The topological polar surface area (TPSA) is 57.7 Å². The van der Waals surface area contributed by atoms with E-state index in [2.05, 4.69) is 31.9 Å². The zero-order valence-electron chi connectivity index (χ0n) is 12.8. The van der Waals surface area contributed by atoms with Crippen molar-refractivity contribution in [2.45, 2.75) is 6.18 Å². The molecule has 1 saturated heterocycles. The van der Waals surface area contributed by atoms with Crippen LogP contribution in [0.15, 0.2) is 18.3 Å². The van der Waals surface area contributed by atoms with Gasteiger partial charge in [0.2, 0.25) is 0 Å². The number of likely N-dealkylation sites (N-methyl/N-ethyl adjacent to an activating group) is 1. The van der Waals surface area contributed by atoms with Crippen LogP contribution in [0.5, 0.6) is 0 Å². The number of piperazine rings is 1. The molecule has 1 aromatic heterocycles. The van der Waals surface area contributed by atoms with Crippen LogP contribution >= 0.6 is 0 Å². The van der Waals surface area contributed by atoms with Gasteiger partial charge in [-0.2, -0.15) is 13.2 Å². The molecule has 0 saturated carbocycles. The fourth-order valence-electron chi connectivity index (χ4n) is 2.15. The van der Waals surface area contributed by atoms with Gasteiger partial charge in [0, 0.05) is 26.2 Å². The summed E-state index contributed by atoms with van der Waals surface area (Å²) in [7, 11) is 2.06. The van der Waals surface area contributed by atoms with E-state index in [1.165, 1.54) is 0 Å². The van der Waals surface area contributed by atoms with Gasteiger partial charge in [0.1, 0.15) is 19.0 Å². The molecule has 6 nitrogen and oxygen atoms in total. The van der Waals surface area contributed by atoms with Crippen LogP contribution in [0.2, 0.25) is 0 Å². The molecule has 1 amide bonds. The van der Waals surface area contributed by atoms with Crippen LogP contribution in [0.25, 0.3) is 0 Å². The number of halogens is 3. The van der Waals surface area contributed by atoms with Gasteiger partial charge in [-0.25, -0.2) is 4.98 Å². The van der Waals surface area contributed by atoms with Gasteiger partial charge in [0.25, 0.3) is 5.91 Å². The van der Waals surface area contributed by atoms with Crippen LogP contribution in [0, 0.1) is 0 Å². The minimum atomic E-state index is -4.44. The molecule has 0 unspecified atom stereocenters. The number of nitrogens with zero attached hydrogens (tertiary/aromatic N) is 3. The Balaban J connectivity index is 1.79. The summed E-state index contributed by atoms with van der Waals surface area (Å²) in [5.74, 6) is -0.391. The number of anilines is 2. The van der Waals surface area contributed by atoms with Gasteiger partial charge in [-0.05, 0) is 19.2 Å². The number of pyridine rings is 1.